The minimum absolute atomic E-state index is 0.0430. The average molecular weight is 316 g/mol. The highest BCUT2D eigenvalue weighted by atomic mass is 16.5. The first kappa shape index (κ1) is 17.2. The van der Waals surface area contributed by atoms with Gasteiger partial charge in [-0.2, -0.15) is 0 Å². The molecule has 2 aromatic rings. The van der Waals surface area contributed by atoms with Crippen molar-refractivity contribution < 1.29 is 14.4 Å². The number of benzene rings is 1. The minimum atomic E-state index is -0.235. The molecule has 2 N–H and O–H groups in total. The molecular formula is C18H24N2O3. The van der Waals surface area contributed by atoms with Gasteiger partial charge >= 0.3 is 0 Å². The molecule has 0 bridgehead atoms. The maximum absolute atomic E-state index is 12.1. The van der Waals surface area contributed by atoms with Gasteiger partial charge in [0.05, 0.1) is 12.3 Å². The molecule has 0 atom stereocenters. The summed E-state index contributed by atoms with van der Waals surface area (Å²) in [6.07, 6.45) is 2.69. The van der Waals surface area contributed by atoms with E-state index in [4.69, 9.17) is 9.63 Å². The van der Waals surface area contributed by atoms with Gasteiger partial charge in [0, 0.05) is 18.5 Å². The van der Waals surface area contributed by atoms with Gasteiger partial charge in [-0.3, -0.25) is 4.79 Å². The molecule has 1 aromatic heterocycles. The second-order valence-electron chi connectivity index (χ2n) is 5.61. The van der Waals surface area contributed by atoms with Gasteiger partial charge in [-0.1, -0.05) is 43.3 Å². The van der Waals surface area contributed by atoms with Crippen LogP contribution in [0.25, 0.3) is 0 Å². The highest BCUT2D eigenvalue weighted by molar-refractivity contribution is 5.91. The molecule has 0 aliphatic heterocycles. The highest BCUT2D eigenvalue weighted by Gasteiger charge is 2.17. The molecule has 1 amide bonds. The molecule has 0 unspecified atom stereocenters. The van der Waals surface area contributed by atoms with Crippen LogP contribution >= 0.6 is 0 Å². The van der Waals surface area contributed by atoms with Crippen LogP contribution in [0.4, 0.5) is 0 Å². The Bertz CT molecular complexity index is 615. The van der Waals surface area contributed by atoms with Crippen LogP contribution in [0.15, 0.2) is 34.9 Å². The molecule has 2 rings (SSSR count). The normalized spacial score (nSPS) is 11.0. The van der Waals surface area contributed by atoms with Crippen LogP contribution < -0.4 is 5.32 Å². The molecular weight excluding hydrogens is 292 g/mol. The molecule has 23 heavy (non-hydrogen) atoms. The summed E-state index contributed by atoms with van der Waals surface area (Å²) < 4.78 is 5.15. The Morgan fingerprint density at radius 3 is 2.48 bits per heavy atom. The van der Waals surface area contributed by atoms with Gasteiger partial charge in [-0.05, 0) is 30.4 Å². The number of nitrogens with zero attached hydrogens (tertiary/aromatic N) is 1. The summed E-state index contributed by atoms with van der Waals surface area (Å²) in [5.74, 6) is 0.370. The van der Waals surface area contributed by atoms with Crippen LogP contribution in [0.5, 0.6) is 0 Å². The van der Waals surface area contributed by atoms with E-state index in [2.05, 4.69) is 24.3 Å². The Morgan fingerprint density at radius 1 is 1.22 bits per heavy atom. The number of hydrogen-bond donors (Lipinski definition) is 2. The number of nitrogens with one attached hydrogen (secondary N) is 1. The maximum Gasteiger partial charge on any atom is 0.289 e. The fourth-order valence-corrected chi connectivity index (χ4v) is 2.51. The highest BCUT2D eigenvalue weighted by Crippen LogP contribution is 2.22. The molecule has 124 valence electrons. The molecule has 0 saturated heterocycles. The van der Waals surface area contributed by atoms with Gasteiger partial charge < -0.3 is 14.9 Å². The van der Waals surface area contributed by atoms with Crippen molar-refractivity contribution >= 4 is 5.91 Å². The van der Waals surface area contributed by atoms with Gasteiger partial charge in [0.1, 0.15) is 0 Å². The van der Waals surface area contributed by atoms with Crippen LogP contribution in [-0.2, 0) is 13.0 Å². The molecule has 1 aromatic carbocycles. The van der Waals surface area contributed by atoms with Crippen LogP contribution in [0.1, 0.15) is 60.0 Å². The summed E-state index contributed by atoms with van der Waals surface area (Å²) >= 11 is 0. The fourth-order valence-electron chi connectivity index (χ4n) is 2.51. The van der Waals surface area contributed by atoms with Crippen molar-refractivity contribution in [2.45, 2.75) is 45.6 Å². The predicted molar refractivity (Wildman–Crippen MR) is 88.2 cm³/mol. The molecule has 0 aliphatic carbocycles. The molecule has 0 spiro atoms. The second kappa shape index (κ2) is 8.48. The first-order chi connectivity index (χ1) is 11.2. The summed E-state index contributed by atoms with van der Waals surface area (Å²) in [7, 11) is 0. The van der Waals surface area contributed by atoms with E-state index < -0.39 is 0 Å². The van der Waals surface area contributed by atoms with Crippen molar-refractivity contribution in [3.8, 4) is 0 Å². The Labute approximate surface area is 136 Å². The van der Waals surface area contributed by atoms with Crippen LogP contribution in [-0.4, -0.2) is 22.7 Å². The van der Waals surface area contributed by atoms with Gasteiger partial charge in [-0.25, -0.2) is 0 Å². The second-order valence-corrected chi connectivity index (χ2v) is 5.61. The summed E-state index contributed by atoms with van der Waals surface area (Å²) in [5, 5.41) is 15.9. The summed E-state index contributed by atoms with van der Waals surface area (Å²) in [4.78, 5) is 12.1. The monoisotopic (exact) mass is 316 g/mol. The lowest BCUT2D eigenvalue weighted by atomic mass is 9.99. The van der Waals surface area contributed by atoms with E-state index in [-0.39, 0.29) is 18.3 Å². The number of amides is 1. The maximum atomic E-state index is 12.1. The number of aliphatic hydroxyl groups is 1. The molecule has 1 heterocycles. The van der Waals surface area contributed by atoms with E-state index >= 15 is 0 Å². The quantitative estimate of drug-likeness (QED) is 0.785. The van der Waals surface area contributed by atoms with Crippen molar-refractivity contribution in [1.82, 2.24) is 10.5 Å². The minimum Gasteiger partial charge on any atom is -0.392 e. The Balaban J connectivity index is 1.84. The van der Waals surface area contributed by atoms with Crippen molar-refractivity contribution in [1.29, 1.82) is 0 Å². The number of rotatable bonds is 8. The van der Waals surface area contributed by atoms with Gasteiger partial charge in [0.25, 0.3) is 5.91 Å². The van der Waals surface area contributed by atoms with E-state index in [9.17, 15) is 4.79 Å². The molecule has 0 saturated carbocycles. The lowest BCUT2D eigenvalue weighted by Crippen LogP contribution is -2.25. The summed E-state index contributed by atoms with van der Waals surface area (Å²) in [6, 6.07) is 9.42. The van der Waals surface area contributed by atoms with Gasteiger partial charge in [0.2, 0.25) is 5.76 Å². The zero-order chi connectivity index (χ0) is 16.7. The first-order valence-electron chi connectivity index (χ1n) is 8.11. The van der Waals surface area contributed by atoms with Crippen molar-refractivity contribution in [2.24, 2.45) is 0 Å². The zero-order valence-electron chi connectivity index (χ0n) is 13.7. The van der Waals surface area contributed by atoms with Crippen LogP contribution in [0.2, 0.25) is 0 Å². The van der Waals surface area contributed by atoms with E-state index in [0.717, 1.165) is 36.1 Å². The number of hydrogen-bond acceptors (Lipinski definition) is 4. The molecule has 5 heteroatoms. The Kier molecular flexibility index (Phi) is 6.35. The van der Waals surface area contributed by atoms with E-state index in [1.54, 1.807) is 6.07 Å². The van der Waals surface area contributed by atoms with Gasteiger partial charge in [-0.15, -0.1) is 0 Å². The molecule has 0 fully saturated rings. The molecule has 0 radical (unpaired) electrons. The van der Waals surface area contributed by atoms with Crippen LogP contribution in [0.3, 0.4) is 0 Å². The fraction of sp³-hybridized carbons (Fsp3) is 0.444. The number of aliphatic hydroxyl groups excluding tert-OH is 1. The Morgan fingerprint density at radius 2 is 1.87 bits per heavy atom. The van der Waals surface area contributed by atoms with Crippen molar-refractivity contribution in [3.63, 3.8) is 0 Å². The zero-order valence-corrected chi connectivity index (χ0v) is 13.7. The largest absolute Gasteiger partial charge is 0.392 e. The Hall–Kier alpha value is -2.14. The summed E-state index contributed by atoms with van der Waals surface area (Å²) in [5.41, 5.74) is 2.84. The lowest BCUT2D eigenvalue weighted by Gasteiger charge is -2.06. The standard InChI is InChI=1S/C18H24N2O3/c1-3-15(4-2)16-11-17(23-20-16)18(22)19-10-9-13-5-7-14(12-21)8-6-13/h5-8,11,15,21H,3-4,9-10,12H2,1-2H3,(H,19,22). The van der Waals surface area contributed by atoms with Crippen molar-refractivity contribution in [2.75, 3.05) is 6.54 Å². The van der Waals surface area contributed by atoms with E-state index in [0.29, 0.717) is 12.5 Å². The third-order valence-corrected chi connectivity index (χ3v) is 4.06. The van der Waals surface area contributed by atoms with E-state index in [1.165, 1.54) is 0 Å². The number of carbonyl (C=O) groups excluding carboxylic acids is 1. The first-order valence-corrected chi connectivity index (χ1v) is 8.11. The SMILES string of the molecule is CCC(CC)c1cc(C(=O)NCCc2ccc(CO)cc2)on1. The number of aromatic nitrogens is 1. The van der Waals surface area contributed by atoms with E-state index in [1.807, 2.05) is 24.3 Å². The molecule has 0 aliphatic rings. The predicted octanol–water partition coefficient (Wildman–Crippen LogP) is 3.04. The number of carbonyl (C=O) groups is 1. The van der Waals surface area contributed by atoms with Gasteiger partial charge in [0.15, 0.2) is 0 Å². The topological polar surface area (TPSA) is 75.4 Å². The van der Waals surface area contributed by atoms with Crippen molar-refractivity contribution in [3.05, 3.63) is 52.9 Å². The third kappa shape index (κ3) is 4.66. The molecule has 5 nitrogen and oxygen atoms in total. The smallest absolute Gasteiger partial charge is 0.289 e. The lowest BCUT2D eigenvalue weighted by molar-refractivity contribution is 0.0917. The third-order valence-electron chi connectivity index (χ3n) is 4.06. The van der Waals surface area contributed by atoms with Crippen LogP contribution in [0, 0.1) is 0 Å². The average Bonchev–Trinajstić information content (AvgIpc) is 3.06. The summed E-state index contributed by atoms with van der Waals surface area (Å²) in [6.45, 7) is 4.77.